The van der Waals surface area contributed by atoms with Crippen LogP contribution >= 0.6 is 11.3 Å². The fourth-order valence-electron chi connectivity index (χ4n) is 3.17. The van der Waals surface area contributed by atoms with E-state index in [9.17, 15) is 14.4 Å². The van der Waals surface area contributed by atoms with Crippen molar-refractivity contribution in [2.45, 2.75) is 101 Å². The van der Waals surface area contributed by atoms with Gasteiger partial charge in [-0.05, 0) is 40.2 Å². The largest absolute Gasteiger partial charge is 0.366 e. The van der Waals surface area contributed by atoms with Crippen molar-refractivity contribution in [1.29, 1.82) is 0 Å². The van der Waals surface area contributed by atoms with Crippen LogP contribution in [0.15, 0.2) is 0 Å². The highest BCUT2D eigenvalue weighted by molar-refractivity contribution is 7.12. The zero-order chi connectivity index (χ0) is 23.7. The summed E-state index contributed by atoms with van der Waals surface area (Å²) in [7, 11) is 0. The number of ether oxygens (including phenoxy) is 1. The van der Waals surface area contributed by atoms with E-state index in [1.807, 2.05) is 48.5 Å². The van der Waals surface area contributed by atoms with Gasteiger partial charge in [0.2, 0.25) is 11.7 Å². The molecule has 2 heterocycles. The Morgan fingerprint density at radius 1 is 1.03 bits per heavy atom. The van der Waals surface area contributed by atoms with Crippen molar-refractivity contribution in [2.75, 3.05) is 0 Å². The van der Waals surface area contributed by atoms with E-state index in [0.29, 0.717) is 5.56 Å². The summed E-state index contributed by atoms with van der Waals surface area (Å²) < 4.78 is 6.09. The monoisotopic (exact) mass is 427 g/mol. The standard InChI is InChI=1S/C13H19NO2S.C6H10O2.2C2H6/c1-7-9(11(14)15)8-6-12(2,3)16-13(4,5)10(8)17-7;1-4(2)6(8)5(3)7;2*1-2/h6H2,1-5H3,(H2,14,15);4H,1-3H3;2*1-2H3. The number of fused-ring (bicyclic) bond motifs is 1. The topological polar surface area (TPSA) is 86.5 Å². The molecule has 0 fully saturated rings. The number of rotatable bonds is 3. The molecule has 0 unspecified atom stereocenters. The maximum Gasteiger partial charge on any atom is 0.250 e. The molecule has 0 aliphatic carbocycles. The summed E-state index contributed by atoms with van der Waals surface area (Å²) in [6.45, 7) is 22.9. The Morgan fingerprint density at radius 3 is 1.79 bits per heavy atom. The maximum absolute atomic E-state index is 11.6. The van der Waals surface area contributed by atoms with Gasteiger partial charge in [0.25, 0.3) is 0 Å². The van der Waals surface area contributed by atoms with Crippen molar-refractivity contribution in [3.63, 3.8) is 0 Å². The highest BCUT2D eigenvalue weighted by atomic mass is 32.1. The van der Waals surface area contributed by atoms with Crippen LogP contribution in [-0.4, -0.2) is 23.1 Å². The van der Waals surface area contributed by atoms with Crippen LogP contribution < -0.4 is 5.73 Å². The fourth-order valence-corrected chi connectivity index (χ4v) is 4.39. The lowest BCUT2D eigenvalue weighted by Gasteiger charge is -2.41. The molecule has 0 radical (unpaired) electrons. The molecule has 1 aliphatic rings. The van der Waals surface area contributed by atoms with E-state index >= 15 is 0 Å². The second-order valence-corrected chi connectivity index (χ2v) is 9.05. The third-order valence-electron chi connectivity index (χ3n) is 3.98. The molecule has 29 heavy (non-hydrogen) atoms. The van der Waals surface area contributed by atoms with E-state index in [0.717, 1.165) is 21.7 Å². The second-order valence-electron chi connectivity index (χ2n) is 7.83. The second kappa shape index (κ2) is 12.2. The number of primary amides is 1. The average Bonchev–Trinajstić information content (AvgIpc) is 2.93. The third kappa shape index (κ3) is 8.39. The Kier molecular flexibility index (Phi) is 12.5. The van der Waals surface area contributed by atoms with E-state index in [4.69, 9.17) is 10.5 Å². The highest BCUT2D eigenvalue weighted by Gasteiger charge is 2.41. The quantitative estimate of drug-likeness (QED) is 0.637. The number of hydrogen-bond acceptors (Lipinski definition) is 5. The predicted octanol–water partition coefficient (Wildman–Crippen LogP) is 5.59. The molecule has 0 saturated heterocycles. The fraction of sp³-hybridized carbons (Fsp3) is 0.696. The van der Waals surface area contributed by atoms with Crippen LogP contribution in [0.3, 0.4) is 0 Å². The van der Waals surface area contributed by atoms with Crippen molar-refractivity contribution in [3.05, 3.63) is 20.9 Å². The minimum atomic E-state index is -0.347. The van der Waals surface area contributed by atoms with Gasteiger partial charge in [-0.2, -0.15) is 0 Å². The summed E-state index contributed by atoms with van der Waals surface area (Å²) in [6, 6.07) is 0. The molecule has 1 aromatic heterocycles. The Labute approximate surface area is 181 Å². The minimum absolute atomic E-state index is 0.146. The lowest BCUT2D eigenvalue weighted by molar-refractivity contribution is -0.137. The van der Waals surface area contributed by atoms with E-state index in [1.165, 1.54) is 6.92 Å². The molecule has 1 aliphatic heterocycles. The Morgan fingerprint density at radius 2 is 1.48 bits per heavy atom. The van der Waals surface area contributed by atoms with Crippen molar-refractivity contribution < 1.29 is 19.1 Å². The maximum atomic E-state index is 11.6. The van der Waals surface area contributed by atoms with Gasteiger partial charge in [0.1, 0.15) is 0 Å². The summed E-state index contributed by atoms with van der Waals surface area (Å²) in [5, 5.41) is 0. The van der Waals surface area contributed by atoms with Crippen molar-refractivity contribution in [1.82, 2.24) is 0 Å². The van der Waals surface area contributed by atoms with Gasteiger partial charge in [-0.3, -0.25) is 14.4 Å². The highest BCUT2D eigenvalue weighted by Crippen LogP contribution is 2.45. The van der Waals surface area contributed by atoms with Gasteiger partial charge in [0.15, 0.2) is 5.78 Å². The van der Waals surface area contributed by atoms with Crippen LogP contribution in [0.5, 0.6) is 0 Å². The molecule has 5 nitrogen and oxygen atoms in total. The van der Waals surface area contributed by atoms with Crippen LogP contribution in [0, 0.1) is 12.8 Å². The summed E-state index contributed by atoms with van der Waals surface area (Å²) in [5.74, 6) is -1.11. The molecular formula is C23H41NO4S. The van der Waals surface area contributed by atoms with E-state index in [-0.39, 0.29) is 34.6 Å². The van der Waals surface area contributed by atoms with E-state index in [2.05, 4.69) is 13.8 Å². The van der Waals surface area contributed by atoms with Crippen LogP contribution in [0.4, 0.5) is 0 Å². The van der Waals surface area contributed by atoms with Crippen molar-refractivity contribution in [2.24, 2.45) is 11.7 Å². The van der Waals surface area contributed by atoms with E-state index in [1.54, 1.807) is 25.2 Å². The van der Waals surface area contributed by atoms with Crippen molar-refractivity contribution in [3.8, 4) is 0 Å². The Bertz CT molecular complexity index is 700. The van der Waals surface area contributed by atoms with Crippen LogP contribution in [0.1, 0.15) is 102 Å². The van der Waals surface area contributed by atoms with Gasteiger partial charge in [-0.1, -0.05) is 41.5 Å². The van der Waals surface area contributed by atoms with E-state index < -0.39 is 0 Å². The molecule has 168 valence electrons. The molecule has 1 aromatic rings. The molecule has 6 heteroatoms. The number of ketones is 2. The first-order valence-corrected chi connectivity index (χ1v) is 11.2. The van der Waals surface area contributed by atoms with Gasteiger partial charge in [-0.25, -0.2) is 0 Å². The molecule has 2 N–H and O–H groups in total. The van der Waals surface area contributed by atoms with Gasteiger partial charge >= 0.3 is 0 Å². The summed E-state index contributed by atoms with van der Waals surface area (Å²) >= 11 is 1.63. The smallest absolute Gasteiger partial charge is 0.250 e. The first-order chi connectivity index (χ1) is 13.2. The molecule has 0 atom stereocenters. The molecule has 0 spiro atoms. The Balaban J connectivity index is 0. The molecule has 0 bridgehead atoms. The van der Waals surface area contributed by atoms with Crippen LogP contribution in [0.25, 0.3) is 0 Å². The van der Waals surface area contributed by atoms with Crippen LogP contribution in [0.2, 0.25) is 0 Å². The van der Waals surface area contributed by atoms with Gasteiger partial charge in [0.05, 0.1) is 16.8 Å². The van der Waals surface area contributed by atoms with Crippen molar-refractivity contribution >= 4 is 28.8 Å². The number of carbonyl (C=O) groups is 3. The zero-order valence-electron chi connectivity index (χ0n) is 20.4. The van der Waals surface area contributed by atoms with Gasteiger partial charge in [-0.15, -0.1) is 11.3 Å². The number of carbonyl (C=O) groups excluding carboxylic acids is 3. The van der Waals surface area contributed by atoms with Gasteiger partial charge in [0, 0.05) is 29.0 Å². The normalized spacial score (nSPS) is 15.3. The predicted molar refractivity (Wildman–Crippen MR) is 123 cm³/mol. The average molecular weight is 428 g/mol. The number of aryl methyl sites for hydroxylation is 1. The SMILES string of the molecule is CC.CC.CC(=O)C(=O)C(C)C.Cc1sc2c(c1C(N)=O)CC(C)(C)OC2(C)C. The Hall–Kier alpha value is -1.53. The first-order valence-electron chi connectivity index (χ1n) is 10.4. The number of hydrogen-bond donors (Lipinski definition) is 1. The minimum Gasteiger partial charge on any atom is -0.366 e. The first kappa shape index (κ1) is 29.7. The van der Waals surface area contributed by atoms with Crippen LogP contribution in [-0.2, 0) is 26.3 Å². The summed E-state index contributed by atoms with van der Waals surface area (Å²) in [5.41, 5.74) is 6.67. The third-order valence-corrected chi connectivity index (χ3v) is 5.43. The number of Topliss-reactive ketones (excluding diaryl/α,β-unsaturated/α-hetero) is 2. The molecule has 2 rings (SSSR count). The number of nitrogens with two attached hydrogens (primary N) is 1. The van der Waals surface area contributed by atoms with Gasteiger partial charge < -0.3 is 10.5 Å². The molecular weight excluding hydrogens is 386 g/mol. The molecule has 0 saturated carbocycles. The lowest BCUT2D eigenvalue weighted by Crippen LogP contribution is -2.42. The number of amides is 1. The zero-order valence-corrected chi connectivity index (χ0v) is 21.2. The summed E-state index contributed by atoms with van der Waals surface area (Å²) in [4.78, 5) is 34.4. The molecule has 0 aromatic carbocycles. The lowest BCUT2D eigenvalue weighted by atomic mass is 9.86. The number of thiophene rings is 1. The summed E-state index contributed by atoms with van der Waals surface area (Å²) in [6.07, 6.45) is 0.744. The molecule has 1 amide bonds.